The van der Waals surface area contributed by atoms with Gasteiger partial charge in [0.1, 0.15) is 19.3 Å². The molecule has 19 heteroatoms. The third kappa shape index (κ3) is 66.6. The zero-order valence-corrected chi connectivity index (χ0v) is 64.8. The predicted molar refractivity (Wildman–Crippen MR) is 391 cm³/mol. The molecule has 0 saturated carbocycles. The Morgan fingerprint density at radius 3 is 0.740 bits per heavy atom. The summed E-state index contributed by atoms with van der Waals surface area (Å²) in [4.78, 5) is 72.8. The number of hydrogen-bond donors (Lipinski definition) is 3. The van der Waals surface area contributed by atoms with Crippen LogP contribution < -0.4 is 0 Å². The summed E-state index contributed by atoms with van der Waals surface area (Å²) in [6.45, 7) is 14.2. The van der Waals surface area contributed by atoms with E-state index in [4.69, 9.17) is 37.0 Å². The second kappa shape index (κ2) is 66.3. The van der Waals surface area contributed by atoms with Crippen LogP contribution in [0.2, 0.25) is 0 Å². The molecule has 0 aliphatic heterocycles. The molecule has 0 amide bonds. The summed E-state index contributed by atoms with van der Waals surface area (Å²) in [7, 11) is -9.91. The molecule has 3 N–H and O–H groups in total. The standard InChI is InChI=1S/C77H150O17P2/c1-9-68(6)54-46-38-30-22-20-18-16-14-12-13-15-17-19-21-23-34-43-51-59-76(81)93-73(64-88-75(80)58-50-42-36-28-29-37-45-53-67(4)5)66-92-96(85,86)90-62-71(78)61-89-95(83,84)91-65-72(94-77(82)60-52-44-35-27-25-32-40-48-56-70(8)11-3)63-87-74(79)57-49-41-33-26-24-31-39-47-55-69(7)10-2/h67-73,78H,9-66H2,1-8H3,(H,83,84)(H,85,86)/t68?,69?,70?,71?,72-,73-/m1/s1. The van der Waals surface area contributed by atoms with Crippen molar-refractivity contribution in [2.75, 3.05) is 39.6 Å². The monoisotopic (exact) mass is 1410 g/mol. The van der Waals surface area contributed by atoms with E-state index in [-0.39, 0.29) is 25.7 Å². The lowest BCUT2D eigenvalue weighted by Gasteiger charge is -2.21. The van der Waals surface area contributed by atoms with Crippen molar-refractivity contribution in [1.82, 2.24) is 0 Å². The van der Waals surface area contributed by atoms with E-state index in [0.717, 1.165) is 114 Å². The molecule has 0 aliphatic carbocycles. The predicted octanol–water partition coefficient (Wildman–Crippen LogP) is 22.4. The van der Waals surface area contributed by atoms with Gasteiger partial charge in [-0.05, 0) is 49.4 Å². The first-order valence-electron chi connectivity index (χ1n) is 39.8. The summed E-state index contributed by atoms with van der Waals surface area (Å²) >= 11 is 0. The third-order valence-corrected chi connectivity index (χ3v) is 20.8. The molecule has 0 aliphatic rings. The van der Waals surface area contributed by atoms with Crippen molar-refractivity contribution < 1.29 is 80.2 Å². The van der Waals surface area contributed by atoms with Gasteiger partial charge in [0.2, 0.25) is 0 Å². The van der Waals surface area contributed by atoms with Crippen molar-refractivity contribution in [3.63, 3.8) is 0 Å². The number of carbonyl (C=O) groups is 4. The smallest absolute Gasteiger partial charge is 0.462 e. The van der Waals surface area contributed by atoms with Crippen LogP contribution in [-0.2, 0) is 65.4 Å². The highest BCUT2D eigenvalue weighted by Crippen LogP contribution is 2.45. The second-order valence-corrected chi connectivity index (χ2v) is 31.9. The molecule has 0 rings (SSSR count). The fourth-order valence-corrected chi connectivity index (χ4v) is 13.2. The normalized spacial score (nSPS) is 15.0. The van der Waals surface area contributed by atoms with Gasteiger partial charge >= 0.3 is 39.5 Å². The number of hydrogen-bond acceptors (Lipinski definition) is 15. The zero-order chi connectivity index (χ0) is 71.0. The molecule has 0 aromatic heterocycles. The Kier molecular flexibility index (Phi) is 65.0. The number of carbonyl (C=O) groups excluding carboxylic acids is 4. The number of esters is 4. The summed E-state index contributed by atoms with van der Waals surface area (Å²) in [5, 5.41) is 10.6. The summed E-state index contributed by atoms with van der Waals surface area (Å²) in [6.07, 6.45) is 51.4. The SMILES string of the molecule is CCC(C)CCCCCCCCCCCCCCCCCCCCC(=O)O[C@H](COC(=O)CCCCCCCCCC(C)C)COP(=O)(O)OCC(O)COP(=O)(O)OC[C@@H](COC(=O)CCCCCCCCCCC(C)CC)OC(=O)CCCCCCCCCCC(C)CC. The lowest BCUT2D eigenvalue weighted by Crippen LogP contribution is -2.30. The Bertz CT molecular complexity index is 1890. The van der Waals surface area contributed by atoms with Gasteiger partial charge in [-0.2, -0.15) is 0 Å². The van der Waals surface area contributed by atoms with Gasteiger partial charge in [0.05, 0.1) is 26.4 Å². The molecule has 17 nitrogen and oxygen atoms in total. The number of aliphatic hydroxyl groups is 1. The Hall–Kier alpha value is -1.94. The second-order valence-electron chi connectivity index (χ2n) is 28.9. The van der Waals surface area contributed by atoms with Crippen molar-refractivity contribution in [3.05, 3.63) is 0 Å². The number of phosphoric ester groups is 2. The molecule has 0 aromatic rings. The lowest BCUT2D eigenvalue weighted by atomic mass is 9.99. The minimum Gasteiger partial charge on any atom is -0.462 e. The van der Waals surface area contributed by atoms with E-state index in [0.29, 0.717) is 31.6 Å². The van der Waals surface area contributed by atoms with Gasteiger partial charge in [-0.15, -0.1) is 0 Å². The number of aliphatic hydroxyl groups excluding tert-OH is 1. The van der Waals surface area contributed by atoms with Crippen molar-refractivity contribution in [1.29, 1.82) is 0 Å². The molecule has 0 heterocycles. The Labute approximate surface area is 588 Å². The van der Waals surface area contributed by atoms with E-state index < -0.39 is 97.5 Å². The molecule has 0 fully saturated rings. The van der Waals surface area contributed by atoms with Crippen LogP contribution in [0.4, 0.5) is 0 Å². The zero-order valence-electron chi connectivity index (χ0n) is 63.0. The van der Waals surface area contributed by atoms with E-state index in [1.165, 1.54) is 186 Å². The molecule has 0 aromatic carbocycles. The van der Waals surface area contributed by atoms with Crippen LogP contribution in [0.15, 0.2) is 0 Å². The van der Waals surface area contributed by atoms with Gasteiger partial charge < -0.3 is 33.8 Å². The van der Waals surface area contributed by atoms with Crippen LogP contribution in [0.1, 0.15) is 389 Å². The first kappa shape index (κ1) is 94.1. The molecule has 96 heavy (non-hydrogen) atoms. The van der Waals surface area contributed by atoms with E-state index >= 15 is 0 Å². The molecular formula is C77H150O17P2. The first-order valence-corrected chi connectivity index (χ1v) is 42.8. The number of unbranched alkanes of at least 4 members (excludes halogenated alkanes) is 37. The average Bonchev–Trinajstić information content (AvgIpc) is 1.41. The molecule has 0 radical (unpaired) electrons. The molecule has 8 atom stereocenters. The van der Waals surface area contributed by atoms with Gasteiger partial charge in [-0.1, -0.05) is 338 Å². The van der Waals surface area contributed by atoms with Crippen LogP contribution in [-0.4, -0.2) is 96.7 Å². The van der Waals surface area contributed by atoms with E-state index in [1.807, 2.05) is 0 Å². The maximum absolute atomic E-state index is 13.1. The fourth-order valence-electron chi connectivity index (χ4n) is 11.6. The molecule has 0 spiro atoms. The van der Waals surface area contributed by atoms with Crippen LogP contribution in [0, 0.1) is 23.7 Å². The third-order valence-electron chi connectivity index (χ3n) is 18.9. The van der Waals surface area contributed by atoms with Crippen LogP contribution in [0.3, 0.4) is 0 Å². The highest BCUT2D eigenvalue weighted by atomic mass is 31.2. The van der Waals surface area contributed by atoms with Crippen molar-refractivity contribution >= 4 is 39.5 Å². The lowest BCUT2D eigenvalue weighted by molar-refractivity contribution is -0.161. The Balaban J connectivity index is 5.18. The van der Waals surface area contributed by atoms with Crippen LogP contribution in [0.25, 0.3) is 0 Å². The average molecular weight is 1410 g/mol. The Morgan fingerprint density at radius 1 is 0.292 bits per heavy atom. The van der Waals surface area contributed by atoms with Crippen molar-refractivity contribution in [3.8, 4) is 0 Å². The topological polar surface area (TPSA) is 237 Å². The number of ether oxygens (including phenoxy) is 4. The van der Waals surface area contributed by atoms with Gasteiger partial charge in [-0.25, -0.2) is 9.13 Å². The van der Waals surface area contributed by atoms with Gasteiger partial charge in [-0.3, -0.25) is 37.3 Å². The van der Waals surface area contributed by atoms with Gasteiger partial charge in [0.25, 0.3) is 0 Å². The van der Waals surface area contributed by atoms with E-state index in [1.54, 1.807) is 0 Å². The largest absolute Gasteiger partial charge is 0.472 e. The summed E-state index contributed by atoms with van der Waals surface area (Å²) in [6, 6.07) is 0. The maximum atomic E-state index is 13.1. The fraction of sp³-hybridized carbons (Fsp3) is 0.948. The first-order chi connectivity index (χ1) is 46.2. The van der Waals surface area contributed by atoms with Gasteiger partial charge in [0.15, 0.2) is 12.2 Å². The molecule has 6 unspecified atom stereocenters. The summed E-state index contributed by atoms with van der Waals surface area (Å²) in [5.74, 6) is 1.000. The van der Waals surface area contributed by atoms with Gasteiger partial charge in [0, 0.05) is 25.7 Å². The van der Waals surface area contributed by atoms with E-state index in [9.17, 15) is 43.2 Å². The van der Waals surface area contributed by atoms with Crippen LogP contribution >= 0.6 is 15.6 Å². The van der Waals surface area contributed by atoms with E-state index in [2.05, 4.69) is 55.4 Å². The highest BCUT2D eigenvalue weighted by Gasteiger charge is 2.30. The van der Waals surface area contributed by atoms with Crippen molar-refractivity contribution in [2.24, 2.45) is 23.7 Å². The minimum atomic E-state index is -4.96. The highest BCUT2D eigenvalue weighted by molar-refractivity contribution is 7.47. The van der Waals surface area contributed by atoms with Crippen molar-refractivity contribution in [2.45, 2.75) is 408 Å². The quantitative estimate of drug-likeness (QED) is 0.0222. The molecule has 0 saturated heterocycles. The number of rotatable bonds is 74. The molecule has 0 bridgehead atoms. The number of phosphoric acid groups is 2. The minimum absolute atomic E-state index is 0.104. The Morgan fingerprint density at radius 2 is 0.500 bits per heavy atom. The summed E-state index contributed by atoms with van der Waals surface area (Å²) in [5.41, 5.74) is 0. The van der Waals surface area contributed by atoms with Crippen LogP contribution in [0.5, 0.6) is 0 Å². The maximum Gasteiger partial charge on any atom is 0.472 e. The molecular weight excluding hydrogens is 1260 g/mol. The summed E-state index contributed by atoms with van der Waals surface area (Å²) < 4.78 is 68.5. The molecule has 570 valence electrons.